The molecule has 8 heteroatoms. The summed E-state index contributed by atoms with van der Waals surface area (Å²) in [4.78, 5) is 19.9. The summed E-state index contributed by atoms with van der Waals surface area (Å²) in [6, 6.07) is 7.82. The van der Waals surface area contributed by atoms with E-state index in [9.17, 15) is 4.79 Å². The van der Waals surface area contributed by atoms with E-state index in [2.05, 4.69) is 19.9 Å². The molecule has 0 bridgehead atoms. The summed E-state index contributed by atoms with van der Waals surface area (Å²) < 4.78 is 7.76. The van der Waals surface area contributed by atoms with Crippen LogP contribution in [0.1, 0.15) is 48.5 Å². The Bertz CT molecular complexity index is 1010. The number of amides is 1. The fourth-order valence-electron chi connectivity index (χ4n) is 3.41. The van der Waals surface area contributed by atoms with Crippen molar-refractivity contribution in [2.75, 3.05) is 18.1 Å². The first-order chi connectivity index (χ1) is 13.4. The average Bonchev–Trinajstić information content (AvgIpc) is 3.37. The zero-order valence-electron chi connectivity index (χ0n) is 15.6. The summed E-state index contributed by atoms with van der Waals surface area (Å²) in [7, 11) is 0. The van der Waals surface area contributed by atoms with E-state index in [-0.39, 0.29) is 12.0 Å². The molecular weight excluding hydrogens is 435 g/mol. The number of thiazole rings is 1. The fraction of sp³-hybridized carbons (Fsp3) is 0.400. The van der Waals surface area contributed by atoms with Crippen LogP contribution in [0.3, 0.4) is 0 Å². The van der Waals surface area contributed by atoms with Gasteiger partial charge in [0.1, 0.15) is 4.34 Å². The first-order valence-electron chi connectivity index (χ1n) is 9.21. The first kappa shape index (κ1) is 20.1. The minimum atomic E-state index is -0.186. The van der Waals surface area contributed by atoms with Gasteiger partial charge >= 0.3 is 0 Å². The van der Waals surface area contributed by atoms with Crippen LogP contribution in [0.2, 0.25) is 8.67 Å². The van der Waals surface area contributed by atoms with Crippen LogP contribution in [0, 0.1) is 0 Å². The van der Waals surface area contributed by atoms with Crippen molar-refractivity contribution >= 4 is 67.1 Å². The number of aromatic nitrogens is 1. The second-order valence-corrected chi connectivity index (χ2v) is 10.4. The molecule has 1 amide bonds. The lowest BCUT2D eigenvalue weighted by molar-refractivity contribution is 0.0918. The van der Waals surface area contributed by atoms with Gasteiger partial charge in [-0.15, -0.1) is 11.3 Å². The molecule has 3 heterocycles. The molecule has 4 rings (SSSR count). The molecule has 0 spiro atoms. The number of thiophene rings is 1. The van der Waals surface area contributed by atoms with Crippen LogP contribution in [0.25, 0.3) is 10.2 Å². The zero-order valence-corrected chi connectivity index (χ0v) is 18.7. The summed E-state index contributed by atoms with van der Waals surface area (Å²) >= 11 is 15.1. The summed E-state index contributed by atoms with van der Waals surface area (Å²) in [6.07, 6.45) is 1.95. The Morgan fingerprint density at radius 3 is 2.82 bits per heavy atom. The summed E-state index contributed by atoms with van der Waals surface area (Å²) in [5.41, 5.74) is 2.55. The number of nitrogens with zero attached hydrogens (tertiary/aromatic N) is 2. The van der Waals surface area contributed by atoms with Gasteiger partial charge in [0, 0.05) is 6.61 Å². The van der Waals surface area contributed by atoms with E-state index in [0.717, 1.165) is 29.7 Å². The highest BCUT2D eigenvalue weighted by Crippen LogP contribution is 2.37. The fourth-order valence-corrected chi connectivity index (χ4v) is 5.87. The molecule has 1 aromatic carbocycles. The minimum absolute atomic E-state index is 0.00779. The van der Waals surface area contributed by atoms with Crippen LogP contribution in [0.15, 0.2) is 24.3 Å². The Balaban J connectivity index is 1.76. The van der Waals surface area contributed by atoms with Crippen molar-refractivity contribution in [1.29, 1.82) is 0 Å². The number of halogens is 2. The minimum Gasteiger partial charge on any atom is -0.376 e. The normalized spacial score (nSPS) is 17.0. The highest BCUT2D eigenvalue weighted by atomic mass is 35.5. The van der Waals surface area contributed by atoms with Crippen LogP contribution >= 0.6 is 45.9 Å². The van der Waals surface area contributed by atoms with Crippen molar-refractivity contribution in [2.24, 2.45) is 0 Å². The molecule has 1 unspecified atom stereocenters. The van der Waals surface area contributed by atoms with Crippen molar-refractivity contribution in [3.63, 3.8) is 0 Å². The second kappa shape index (κ2) is 8.28. The second-order valence-electron chi connectivity index (χ2n) is 7.13. The van der Waals surface area contributed by atoms with Crippen molar-refractivity contribution in [2.45, 2.75) is 38.7 Å². The van der Waals surface area contributed by atoms with Gasteiger partial charge in [-0.05, 0) is 36.5 Å². The maximum atomic E-state index is 13.4. The third-order valence-corrected chi connectivity index (χ3v) is 7.37. The lowest BCUT2D eigenvalue weighted by Crippen LogP contribution is -2.37. The lowest BCUT2D eigenvalue weighted by Gasteiger charge is -2.22. The molecule has 0 radical (unpaired) electrons. The lowest BCUT2D eigenvalue weighted by atomic mass is 10.0. The van der Waals surface area contributed by atoms with E-state index >= 15 is 0 Å². The van der Waals surface area contributed by atoms with Crippen molar-refractivity contribution in [3.8, 4) is 0 Å². The van der Waals surface area contributed by atoms with Gasteiger partial charge in [0.05, 0.1) is 32.8 Å². The largest absolute Gasteiger partial charge is 0.376 e. The maximum absolute atomic E-state index is 13.4. The Morgan fingerprint density at radius 2 is 2.18 bits per heavy atom. The van der Waals surface area contributed by atoms with Gasteiger partial charge in [0.15, 0.2) is 5.13 Å². The standard InChI is InChI=1S/C20H20Cl2N2O2S2/c1-11(2)13-6-3-7-15-17(13)23-20(27-15)24(10-12-5-4-8-26-12)19(25)14-9-16(21)28-18(14)22/h3,6-7,9,11-12H,4-5,8,10H2,1-2H3. The molecule has 1 saturated heterocycles. The number of fused-ring (bicyclic) bond motifs is 1. The van der Waals surface area contributed by atoms with Gasteiger partial charge in [-0.1, -0.05) is 60.5 Å². The quantitative estimate of drug-likeness (QED) is 0.435. The van der Waals surface area contributed by atoms with E-state index in [1.54, 1.807) is 11.0 Å². The Hall–Kier alpha value is -1.18. The molecule has 2 aromatic heterocycles. The molecule has 1 aliphatic rings. The third-order valence-electron chi connectivity index (χ3n) is 4.83. The van der Waals surface area contributed by atoms with Gasteiger partial charge in [-0.2, -0.15) is 0 Å². The Labute approximate surface area is 182 Å². The van der Waals surface area contributed by atoms with Crippen LogP contribution < -0.4 is 4.90 Å². The number of rotatable bonds is 5. The van der Waals surface area contributed by atoms with E-state index in [1.165, 1.54) is 28.2 Å². The molecule has 1 fully saturated rings. The predicted molar refractivity (Wildman–Crippen MR) is 119 cm³/mol. The molecule has 3 aromatic rings. The van der Waals surface area contributed by atoms with Gasteiger partial charge in [0.25, 0.3) is 5.91 Å². The molecule has 1 aliphatic heterocycles. The van der Waals surface area contributed by atoms with Crippen molar-refractivity contribution < 1.29 is 9.53 Å². The van der Waals surface area contributed by atoms with Crippen LogP contribution in [-0.2, 0) is 4.74 Å². The SMILES string of the molecule is CC(C)c1cccc2sc(N(CC3CCCO3)C(=O)c3cc(Cl)sc3Cl)nc12. The van der Waals surface area contributed by atoms with E-state index in [1.807, 2.05) is 12.1 Å². The summed E-state index contributed by atoms with van der Waals surface area (Å²) in [6.45, 7) is 5.49. The molecule has 28 heavy (non-hydrogen) atoms. The van der Waals surface area contributed by atoms with E-state index in [4.69, 9.17) is 32.9 Å². The molecule has 0 saturated carbocycles. The highest BCUT2D eigenvalue weighted by molar-refractivity contribution is 7.22. The molecule has 0 N–H and O–H groups in total. The monoisotopic (exact) mass is 454 g/mol. The number of hydrogen-bond donors (Lipinski definition) is 0. The van der Waals surface area contributed by atoms with E-state index < -0.39 is 0 Å². The number of hydrogen-bond acceptors (Lipinski definition) is 5. The third kappa shape index (κ3) is 3.94. The first-order valence-corrected chi connectivity index (χ1v) is 11.6. The van der Waals surface area contributed by atoms with Gasteiger partial charge < -0.3 is 4.74 Å². The van der Waals surface area contributed by atoms with Crippen molar-refractivity contribution in [1.82, 2.24) is 4.98 Å². The van der Waals surface area contributed by atoms with Gasteiger partial charge in [0.2, 0.25) is 0 Å². The number of ether oxygens (including phenoxy) is 1. The number of anilines is 1. The average molecular weight is 455 g/mol. The Morgan fingerprint density at radius 1 is 1.36 bits per heavy atom. The number of para-hydroxylation sites is 1. The van der Waals surface area contributed by atoms with Gasteiger partial charge in [-0.25, -0.2) is 4.98 Å². The topological polar surface area (TPSA) is 42.4 Å². The zero-order chi connectivity index (χ0) is 19.8. The predicted octanol–water partition coefficient (Wildman–Crippen LogP) is 6.61. The number of carbonyl (C=O) groups is 1. The summed E-state index contributed by atoms with van der Waals surface area (Å²) in [5, 5.41) is 0.669. The molecule has 148 valence electrons. The maximum Gasteiger partial charge on any atom is 0.262 e. The Kier molecular flexibility index (Phi) is 5.95. The molecule has 0 aliphatic carbocycles. The van der Waals surface area contributed by atoms with Crippen LogP contribution in [0.5, 0.6) is 0 Å². The van der Waals surface area contributed by atoms with Crippen molar-refractivity contribution in [3.05, 3.63) is 44.1 Å². The molecule has 4 nitrogen and oxygen atoms in total. The van der Waals surface area contributed by atoms with E-state index in [0.29, 0.717) is 31.8 Å². The summed E-state index contributed by atoms with van der Waals surface area (Å²) in [5.74, 6) is 0.167. The van der Waals surface area contributed by atoms with Crippen LogP contribution in [0.4, 0.5) is 5.13 Å². The highest BCUT2D eigenvalue weighted by Gasteiger charge is 2.29. The molecule has 1 atom stereocenters. The number of carbonyl (C=O) groups excluding carboxylic acids is 1. The van der Waals surface area contributed by atoms with Gasteiger partial charge in [-0.3, -0.25) is 9.69 Å². The smallest absolute Gasteiger partial charge is 0.262 e. The van der Waals surface area contributed by atoms with Crippen LogP contribution in [-0.4, -0.2) is 30.1 Å². The molecular formula is C20H20Cl2N2O2S2. The number of benzene rings is 1.